The summed E-state index contributed by atoms with van der Waals surface area (Å²) in [5, 5.41) is 0. The monoisotopic (exact) mass is 344 g/mol. The van der Waals surface area contributed by atoms with Crippen molar-refractivity contribution in [3.8, 4) is 5.75 Å². The number of para-hydroxylation sites is 1. The van der Waals surface area contributed by atoms with E-state index in [1.807, 2.05) is 13.0 Å². The molecule has 0 aliphatic carbocycles. The Morgan fingerprint density at radius 3 is 2.71 bits per heavy atom. The van der Waals surface area contributed by atoms with Crippen LogP contribution in [0.25, 0.3) is 0 Å². The molecular formula is C17H16N2O4S. The molecule has 0 N–H and O–H groups in total. The molecule has 2 aromatic rings. The van der Waals surface area contributed by atoms with Crippen molar-refractivity contribution < 1.29 is 17.9 Å². The number of sulfonamides is 1. The lowest BCUT2D eigenvalue weighted by atomic mass is 10.1. The standard InChI is InChI=1S/C17H16N2O4S/c1-12-7-8-16(23-2)13(9-12)15(20)10-19-11-18-14-5-3-4-6-17(14)24(19,21)22/h3-9,11H,10H2,1-2H3. The Morgan fingerprint density at radius 2 is 1.96 bits per heavy atom. The lowest BCUT2D eigenvalue weighted by Gasteiger charge is -2.23. The van der Waals surface area contributed by atoms with E-state index in [1.54, 1.807) is 30.3 Å². The van der Waals surface area contributed by atoms with Gasteiger partial charge in [0.1, 0.15) is 17.0 Å². The number of nitrogens with zero attached hydrogens (tertiary/aromatic N) is 2. The van der Waals surface area contributed by atoms with Crippen molar-refractivity contribution in [2.45, 2.75) is 11.8 Å². The van der Waals surface area contributed by atoms with Crippen LogP contribution in [0, 0.1) is 6.92 Å². The first-order valence-electron chi connectivity index (χ1n) is 7.26. The van der Waals surface area contributed by atoms with E-state index in [2.05, 4.69) is 4.99 Å². The zero-order valence-corrected chi connectivity index (χ0v) is 14.1. The summed E-state index contributed by atoms with van der Waals surface area (Å²) >= 11 is 0. The first kappa shape index (κ1) is 16.2. The molecule has 1 aliphatic rings. The quantitative estimate of drug-likeness (QED) is 0.799. The third-order valence-corrected chi connectivity index (χ3v) is 5.47. The molecule has 3 rings (SSSR count). The summed E-state index contributed by atoms with van der Waals surface area (Å²) in [6.07, 6.45) is 1.18. The van der Waals surface area contributed by atoms with Gasteiger partial charge < -0.3 is 4.74 Å². The second kappa shape index (κ2) is 6.09. The van der Waals surface area contributed by atoms with E-state index in [-0.39, 0.29) is 17.2 Å². The summed E-state index contributed by atoms with van der Waals surface area (Å²) in [5.41, 5.74) is 1.61. The maximum Gasteiger partial charge on any atom is 0.267 e. The van der Waals surface area contributed by atoms with E-state index in [0.717, 1.165) is 9.87 Å². The number of ketones is 1. The maximum atomic E-state index is 12.6. The second-order valence-corrected chi connectivity index (χ2v) is 7.25. The Labute approximate surface area is 140 Å². The van der Waals surface area contributed by atoms with E-state index < -0.39 is 10.0 Å². The lowest BCUT2D eigenvalue weighted by Crippen LogP contribution is -2.36. The molecule has 0 radical (unpaired) electrons. The number of benzene rings is 2. The van der Waals surface area contributed by atoms with Gasteiger partial charge in [-0.2, -0.15) is 0 Å². The number of rotatable bonds is 4. The summed E-state index contributed by atoms with van der Waals surface area (Å²) < 4.78 is 31.4. The third-order valence-electron chi connectivity index (χ3n) is 3.73. The molecule has 0 spiro atoms. The van der Waals surface area contributed by atoms with Crippen LogP contribution < -0.4 is 4.74 Å². The van der Waals surface area contributed by atoms with Gasteiger partial charge in [-0.15, -0.1) is 0 Å². The van der Waals surface area contributed by atoms with Crippen LogP contribution in [0.15, 0.2) is 52.4 Å². The fourth-order valence-electron chi connectivity index (χ4n) is 2.49. The molecule has 0 bridgehead atoms. The molecule has 0 saturated carbocycles. The largest absolute Gasteiger partial charge is 0.496 e. The van der Waals surface area contributed by atoms with Gasteiger partial charge in [0.05, 0.1) is 24.9 Å². The predicted molar refractivity (Wildman–Crippen MR) is 90.5 cm³/mol. The summed E-state index contributed by atoms with van der Waals surface area (Å²) in [5.74, 6) is 0.0577. The highest BCUT2D eigenvalue weighted by molar-refractivity contribution is 7.89. The van der Waals surface area contributed by atoms with Crippen LogP contribution in [-0.4, -0.2) is 38.5 Å². The maximum absolute atomic E-state index is 12.6. The van der Waals surface area contributed by atoms with Gasteiger partial charge in [-0.1, -0.05) is 23.8 Å². The van der Waals surface area contributed by atoms with E-state index in [9.17, 15) is 13.2 Å². The Balaban J connectivity index is 1.93. The Kier molecular flexibility index (Phi) is 4.11. The minimum absolute atomic E-state index is 0.0940. The molecule has 0 saturated heterocycles. The van der Waals surface area contributed by atoms with E-state index in [4.69, 9.17) is 4.74 Å². The topological polar surface area (TPSA) is 76.0 Å². The van der Waals surface area contributed by atoms with Crippen molar-refractivity contribution in [1.29, 1.82) is 0 Å². The van der Waals surface area contributed by atoms with Crippen LogP contribution in [0.3, 0.4) is 0 Å². The molecule has 0 aromatic heterocycles. The Morgan fingerprint density at radius 1 is 1.21 bits per heavy atom. The molecule has 2 aromatic carbocycles. The number of ether oxygens (including phenoxy) is 1. The van der Waals surface area contributed by atoms with Crippen molar-refractivity contribution in [3.63, 3.8) is 0 Å². The van der Waals surface area contributed by atoms with Gasteiger partial charge in [0, 0.05) is 0 Å². The second-order valence-electron chi connectivity index (χ2n) is 5.39. The van der Waals surface area contributed by atoms with Gasteiger partial charge >= 0.3 is 0 Å². The Hall–Kier alpha value is -2.67. The number of hydrogen-bond donors (Lipinski definition) is 0. The highest BCUT2D eigenvalue weighted by Gasteiger charge is 2.30. The number of methoxy groups -OCH3 is 1. The van der Waals surface area contributed by atoms with Crippen LogP contribution in [0.5, 0.6) is 5.75 Å². The fraction of sp³-hybridized carbons (Fsp3) is 0.176. The van der Waals surface area contributed by atoms with Crippen LogP contribution >= 0.6 is 0 Å². The lowest BCUT2D eigenvalue weighted by molar-refractivity contribution is 0.0978. The summed E-state index contributed by atoms with van der Waals surface area (Å²) in [6.45, 7) is 1.52. The normalized spacial score (nSPS) is 15.0. The van der Waals surface area contributed by atoms with E-state index in [1.165, 1.54) is 19.5 Å². The number of Topliss-reactive ketones (excluding diaryl/α,β-unsaturated/α-hetero) is 1. The highest BCUT2D eigenvalue weighted by atomic mass is 32.2. The zero-order chi connectivity index (χ0) is 17.3. The number of hydrogen-bond acceptors (Lipinski definition) is 5. The molecule has 124 valence electrons. The molecule has 0 amide bonds. The highest BCUT2D eigenvalue weighted by Crippen LogP contribution is 2.30. The summed E-state index contributed by atoms with van der Waals surface area (Å²) in [7, 11) is -2.32. The van der Waals surface area contributed by atoms with Gasteiger partial charge in [-0.05, 0) is 31.2 Å². The summed E-state index contributed by atoms with van der Waals surface area (Å²) in [4.78, 5) is 16.8. The van der Waals surface area contributed by atoms with Crippen LogP contribution in [-0.2, 0) is 10.0 Å². The first-order chi connectivity index (χ1) is 11.4. The van der Waals surface area contributed by atoms with Gasteiger partial charge in [-0.25, -0.2) is 17.7 Å². The van der Waals surface area contributed by atoms with Crippen LogP contribution in [0.1, 0.15) is 15.9 Å². The van der Waals surface area contributed by atoms with Crippen LogP contribution in [0.4, 0.5) is 5.69 Å². The molecule has 0 unspecified atom stereocenters. The number of fused-ring (bicyclic) bond motifs is 1. The van der Waals surface area contributed by atoms with E-state index in [0.29, 0.717) is 17.0 Å². The molecule has 24 heavy (non-hydrogen) atoms. The van der Waals surface area contributed by atoms with E-state index >= 15 is 0 Å². The van der Waals surface area contributed by atoms with Gasteiger partial charge in [0.25, 0.3) is 10.0 Å². The SMILES string of the molecule is COc1ccc(C)cc1C(=O)CN1C=Nc2ccccc2S1(=O)=O. The number of aliphatic imine (C=N–C) groups is 1. The van der Waals surface area contributed by atoms with Crippen molar-refractivity contribution in [2.24, 2.45) is 4.99 Å². The van der Waals surface area contributed by atoms with Crippen molar-refractivity contribution in [2.75, 3.05) is 13.7 Å². The van der Waals surface area contributed by atoms with Crippen molar-refractivity contribution in [1.82, 2.24) is 4.31 Å². The minimum atomic E-state index is -3.79. The summed E-state index contributed by atoms with van der Waals surface area (Å²) in [6, 6.07) is 11.6. The minimum Gasteiger partial charge on any atom is -0.496 e. The van der Waals surface area contributed by atoms with Crippen molar-refractivity contribution in [3.05, 3.63) is 53.6 Å². The molecule has 0 fully saturated rings. The van der Waals surface area contributed by atoms with Crippen molar-refractivity contribution >= 4 is 27.8 Å². The zero-order valence-electron chi connectivity index (χ0n) is 13.3. The number of carbonyl (C=O) groups is 1. The molecule has 6 nitrogen and oxygen atoms in total. The number of aryl methyl sites for hydroxylation is 1. The molecule has 1 heterocycles. The fourth-order valence-corrected chi connectivity index (χ4v) is 3.84. The first-order valence-corrected chi connectivity index (χ1v) is 8.70. The molecule has 0 atom stereocenters. The smallest absolute Gasteiger partial charge is 0.267 e. The molecule has 7 heteroatoms. The average Bonchev–Trinajstić information content (AvgIpc) is 2.57. The molecular weight excluding hydrogens is 328 g/mol. The third kappa shape index (κ3) is 2.78. The van der Waals surface area contributed by atoms with Crippen LogP contribution in [0.2, 0.25) is 0 Å². The van der Waals surface area contributed by atoms with Gasteiger partial charge in [0.2, 0.25) is 0 Å². The Bertz CT molecular complexity index is 935. The van der Waals surface area contributed by atoms with Gasteiger partial charge in [-0.3, -0.25) is 4.79 Å². The number of carbonyl (C=O) groups excluding carboxylic acids is 1. The molecule has 1 aliphatic heterocycles. The van der Waals surface area contributed by atoms with Gasteiger partial charge in [0.15, 0.2) is 5.78 Å². The average molecular weight is 344 g/mol. The predicted octanol–water partition coefficient (Wildman–Crippen LogP) is 2.55.